The van der Waals surface area contributed by atoms with Crippen LogP contribution in [0.5, 0.6) is 5.75 Å². The number of hydrogen-bond acceptors (Lipinski definition) is 1. The molecular formula is C12H15FO. The lowest BCUT2D eigenvalue weighted by molar-refractivity contribution is 0.114. The van der Waals surface area contributed by atoms with E-state index in [1.165, 1.54) is 0 Å². The van der Waals surface area contributed by atoms with Crippen molar-refractivity contribution in [2.45, 2.75) is 37.8 Å². The second kappa shape index (κ2) is 3.26. The van der Waals surface area contributed by atoms with Crippen LogP contribution in [-0.4, -0.2) is 11.3 Å². The molecule has 2 rings (SSSR count). The van der Waals surface area contributed by atoms with E-state index in [-0.39, 0.29) is 11.2 Å². The van der Waals surface area contributed by atoms with E-state index in [4.69, 9.17) is 5.11 Å². The molecule has 14 heavy (non-hydrogen) atoms. The minimum atomic E-state index is -0.805. The third-order valence-electron chi connectivity index (χ3n) is 3.45. The average molecular weight is 194 g/mol. The molecule has 1 aromatic carbocycles. The largest absolute Gasteiger partial charge is 0.508 e. The normalized spacial score (nSPS) is 21.3. The minimum absolute atomic E-state index is 0.245. The first-order chi connectivity index (χ1) is 6.65. The molecule has 76 valence electrons. The van der Waals surface area contributed by atoms with Gasteiger partial charge in [-0.05, 0) is 37.5 Å². The monoisotopic (exact) mass is 194 g/mol. The first-order valence-corrected chi connectivity index (χ1v) is 5.09. The van der Waals surface area contributed by atoms with E-state index in [2.05, 4.69) is 0 Å². The Morgan fingerprint density at radius 2 is 1.86 bits per heavy atom. The quantitative estimate of drug-likeness (QED) is 0.766. The van der Waals surface area contributed by atoms with Crippen LogP contribution in [0.25, 0.3) is 0 Å². The lowest BCUT2D eigenvalue weighted by Crippen LogP contribution is -2.41. The van der Waals surface area contributed by atoms with Gasteiger partial charge in [-0.2, -0.15) is 0 Å². The molecule has 1 unspecified atom stereocenters. The van der Waals surface area contributed by atoms with Crippen LogP contribution in [0, 0.1) is 0 Å². The Labute approximate surface area is 83.6 Å². The van der Waals surface area contributed by atoms with Crippen molar-refractivity contribution in [3.8, 4) is 5.75 Å². The molecule has 0 aromatic heterocycles. The number of hydrogen-bond donors (Lipinski definition) is 1. The number of alkyl halides is 1. The van der Waals surface area contributed by atoms with Gasteiger partial charge in [-0.3, -0.25) is 0 Å². The summed E-state index contributed by atoms with van der Waals surface area (Å²) in [6, 6.07) is 6.95. The summed E-state index contributed by atoms with van der Waals surface area (Å²) in [7, 11) is 0. The molecule has 1 aliphatic carbocycles. The molecule has 0 radical (unpaired) electrons. The maximum Gasteiger partial charge on any atom is 0.115 e. The smallest absolute Gasteiger partial charge is 0.115 e. The van der Waals surface area contributed by atoms with Gasteiger partial charge in [0.25, 0.3) is 0 Å². The molecular weight excluding hydrogens is 179 g/mol. The van der Waals surface area contributed by atoms with Gasteiger partial charge >= 0.3 is 0 Å². The zero-order chi connectivity index (χ0) is 10.2. The molecule has 1 atom stereocenters. The first kappa shape index (κ1) is 9.50. The lowest BCUT2D eigenvalue weighted by atomic mass is 9.62. The van der Waals surface area contributed by atoms with Crippen LogP contribution in [0.3, 0.4) is 0 Å². The van der Waals surface area contributed by atoms with Crippen molar-refractivity contribution in [2.24, 2.45) is 0 Å². The van der Waals surface area contributed by atoms with E-state index in [1.807, 2.05) is 12.1 Å². The summed E-state index contributed by atoms with van der Waals surface area (Å²) in [6.07, 6.45) is 2.15. The molecule has 0 spiro atoms. The highest BCUT2D eigenvalue weighted by Gasteiger charge is 2.43. The Morgan fingerprint density at radius 3 is 2.21 bits per heavy atom. The van der Waals surface area contributed by atoms with Gasteiger partial charge < -0.3 is 5.11 Å². The van der Waals surface area contributed by atoms with Gasteiger partial charge in [-0.25, -0.2) is 4.39 Å². The highest BCUT2D eigenvalue weighted by Crippen LogP contribution is 2.47. The van der Waals surface area contributed by atoms with Gasteiger partial charge in [0.1, 0.15) is 11.9 Å². The number of halogens is 1. The molecule has 1 saturated carbocycles. The predicted octanol–water partition coefficient (Wildman–Crippen LogP) is 3.17. The van der Waals surface area contributed by atoms with Crippen molar-refractivity contribution in [3.05, 3.63) is 29.8 Å². The van der Waals surface area contributed by atoms with E-state index in [0.29, 0.717) is 0 Å². The number of phenols is 1. The number of aromatic hydroxyl groups is 1. The van der Waals surface area contributed by atoms with Crippen molar-refractivity contribution < 1.29 is 9.50 Å². The third kappa shape index (κ3) is 1.29. The van der Waals surface area contributed by atoms with Crippen LogP contribution >= 0.6 is 0 Å². The van der Waals surface area contributed by atoms with Crippen LogP contribution in [0.1, 0.15) is 31.7 Å². The van der Waals surface area contributed by atoms with Crippen LogP contribution in [0.15, 0.2) is 24.3 Å². The summed E-state index contributed by atoms with van der Waals surface area (Å²) in [4.78, 5) is 0. The molecule has 1 nitrogen and oxygen atoms in total. The molecule has 0 bridgehead atoms. The maximum absolute atomic E-state index is 13.5. The first-order valence-electron chi connectivity index (χ1n) is 5.09. The fourth-order valence-electron chi connectivity index (χ4n) is 2.27. The van der Waals surface area contributed by atoms with Gasteiger partial charge in [0.05, 0.1) is 0 Å². The fourth-order valence-corrected chi connectivity index (χ4v) is 2.27. The van der Waals surface area contributed by atoms with Gasteiger partial charge in [0.2, 0.25) is 0 Å². The summed E-state index contributed by atoms with van der Waals surface area (Å²) in [5.74, 6) is 0.245. The highest BCUT2D eigenvalue weighted by molar-refractivity contribution is 5.34. The van der Waals surface area contributed by atoms with Gasteiger partial charge in [0, 0.05) is 5.41 Å². The Morgan fingerprint density at radius 1 is 1.29 bits per heavy atom. The highest BCUT2D eigenvalue weighted by atomic mass is 19.1. The fraction of sp³-hybridized carbons (Fsp3) is 0.500. The minimum Gasteiger partial charge on any atom is -0.508 e. The van der Waals surface area contributed by atoms with Crippen molar-refractivity contribution in [1.29, 1.82) is 0 Å². The number of benzene rings is 1. The molecule has 1 aliphatic rings. The summed E-state index contributed by atoms with van der Waals surface area (Å²) in [5.41, 5.74) is 0.754. The summed E-state index contributed by atoms with van der Waals surface area (Å²) < 4.78 is 13.5. The standard InChI is InChI=1S/C12H15FO/c1-9(13)12(7-2-8-12)10-3-5-11(14)6-4-10/h3-6,9,14H,2,7-8H2,1H3. The summed E-state index contributed by atoms with van der Waals surface area (Å²) in [6.45, 7) is 1.63. The Kier molecular flexibility index (Phi) is 2.22. The number of phenolic OH excluding ortho intramolecular Hbond substituents is 1. The van der Waals surface area contributed by atoms with E-state index >= 15 is 0 Å². The van der Waals surface area contributed by atoms with Gasteiger partial charge in [0.15, 0.2) is 0 Å². The molecule has 0 aliphatic heterocycles. The van der Waals surface area contributed by atoms with Gasteiger partial charge in [-0.1, -0.05) is 18.6 Å². The predicted molar refractivity (Wildman–Crippen MR) is 54.2 cm³/mol. The van der Waals surface area contributed by atoms with E-state index in [0.717, 1.165) is 24.8 Å². The number of rotatable bonds is 2. The van der Waals surface area contributed by atoms with Crippen LogP contribution in [0.2, 0.25) is 0 Å². The molecule has 1 aromatic rings. The zero-order valence-corrected chi connectivity index (χ0v) is 8.33. The summed E-state index contributed by atoms with van der Waals surface area (Å²) >= 11 is 0. The van der Waals surface area contributed by atoms with Crippen molar-refractivity contribution in [3.63, 3.8) is 0 Å². The van der Waals surface area contributed by atoms with Crippen LogP contribution < -0.4 is 0 Å². The van der Waals surface area contributed by atoms with Crippen molar-refractivity contribution in [1.82, 2.24) is 0 Å². The Hall–Kier alpha value is -1.05. The molecule has 1 N–H and O–H groups in total. The Balaban J connectivity index is 2.32. The van der Waals surface area contributed by atoms with Gasteiger partial charge in [-0.15, -0.1) is 0 Å². The SMILES string of the molecule is CC(F)C1(c2ccc(O)cc2)CCC1. The molecule has 2 heteroatoms. The van der Waals surface area contributed by atoms with E-state index in [1.54, 1.807) is 19.1 Å². The van der Waals surface area contributed by atoms with Crippen molar-refractivity contribution >= 4 is 0 Å². The van der Waals surface area contributed by atoms with Crippen LogP contribution in [-0.2, 0) is 5.41 Å². The van der Waals surface area contributed by atoms with E-state index in [9.17, 15) is 4.39 Å². The maximum atomic E-state index is 13.5. The third-order valence-corrected chi connectivity index (χ3v) is 3.45. The molecule has 1 fully saturated rings. The van der Waals surface area contributed by atoms with Crippen LogP contribution in [0.4, 0.5) is 4.39 Å². The van der Waals surface area contributed by atoms with Crippen molar-refractivity contribution in [2.75, 3.05) is 0 Å². The average Bonchev–Trinajstić information content (AvgIpc) is 2.05. The Bertz CT molecular complexity index is 312. The topological polar surface area (TPSA) is 20.2 Å². The van der Waals surface area contributed by atoms with E-state index < -0.39 is 6.17 Å². The lowest BCUT2D eigenvalue weighted by Gasteiger charge is -2.43. The second-order valence-electron chi connectivity index (χ2n) is 4.17. The molecule has 0 amide bonds. The molecule has 0 saturated heterocycles. The second-order valence-corrected chi connectivity index (χ2v) is 4.17. The molecule has 0 heterocycles. The summed E-state index contributed by atoms with van der Waals surface area (Å²) in [5, 5.41) is 9.16. The zero-order valence-electron chi connectivity index (χ0n) is 8.33.